The highest BCUT2D eigenvalue weighted by Crippen LogP contribution is 2.60. The highest BCUT2D eigenvalue weighted by Gasteiger charge is 2.48. The minimum atomic E-state index is -0.496. The Balaban J connectivity index is 1.20. The van der Waals surface area contributed by atoms with Crippen LogP contribution in [0.15, 0.2) is 206 Å². The highest BCUT2D eigenvalue weighted by molar-refractivity contribution is 6.06. The number of hydrogen-bond acceptors (Lipinski definition) is 2. The molecule has 0 unspecified atom stereocenters. The highest BCUT2D eigenvalue weighted by atomic mass is 14.9. The molecule has 8 aromatic carbocycles. The molecule has 0 bridgehead atoms. The van der Waals surface area contributed by atoms with E-state index < -0.39 is 5.41 Å². The summed E-state index contributed by atoms with van der Waals surface area (Å²) >= 11 is 0. The van der Waals surface area contributed by atoms with Gasteiger partial charge >= 0.3 is 0 Å². The molecule has 0 amide bonds. The molecule has 0 atom stereocenters. The molecule has 53 heavy (non-hydrogen) atoms. The monoisotopic (exact) mass is 674 g/mol. The molecule has 0 saturated heterocycles. The van der Waals surface area contributed by atoms with Gasteiger partial charge in [0.15, 0.2) is 5.82 Å². The average molecular weight is 675 g/mol. The number of rotatable bonds is 6. The van der Waals surface area contributed by atoms with Crippen LogP contribution in [0.2, 0.25) is 0 Å². The molecule has 0 aliphatic heterocycles. The Hall–Kier alpha value is -6.90. The van der Waals surface area contributed by atoms with Gasteiger partial charge in [-0.25, -0.2) is 9.97 Å². The molecule has 1 aliphatic rings. The van der Waals surface area contributed by atoms with Gasteiger partial charge in [0.1, 0.15) is 0 Å². The Morgan fingerprint density at radius 2 is 0.849 bits per heavy atom. The molecule has 0 spiro atoms. The van der Waals surface area contributed by atoms with Gasteiger partial charge in [-0.15, -0.1) is 0 Å². The molecule has 0 N–H and O–H groups in total. The van der Waals surface area contributed by atoms with Crippen LogP contribution in [0.25, 0.3) is 66.9 Å². The smallest absolute Gasteiger partial charge is 0.160 e. The predicted octanol–water partition coefficient (Wildman–Crippen LogP) is 12.7. The molecule has 1 heterocycles. The first-order chi connectivity index (χ1) is 26.3. The van der Waals surface area contributed by atoms with Crippen LogP contribution >= 0.6 is 0 Å². The molecule has 1 aromatic heterocycles. The van der Waals surface area contributed by atoms with Crippen molar-refractivity contribution in [1.29, 1.82) is 0 Å². The van der Waals surface area contributed by atoms with Gasteiger partial charge in [-0.3, -0.25) is 0 Å². The predicted molar refractivity (Wildman–Crippen MR) is 219 cm³/mol. The first kappa shape index (κ1) is 30.9. The van der Waals surface area contributed by atoms with Crippen LogP contribution in [0.3, 0.4) is 0 Å². The van der Waals surface area contributed by atoms with Crippen molar-refractivity contribution in [2.75, 3.05) is 0 Å². The van der Waals surface area contributed by atoms with Gasteiger partial charge in [-0.05, 0) is 67.4 Å². The van der Waals surface area contributed by atoms with E-state index in [-0.39, 0.29) is 0 Å². The van der Waals surface area contributed by atoms with Gasteiger partial charge in [0.2, 0.25) is 0 Å². The topological polar surface area (TPSA) is 25.8 Å². The fraction of sp³-hybridized carbons (Fsp3) is 0.0196. The molecule has 0 fully saturated rings. The minimum Gasteiger partial charge on any atom is -0.228 e. The van der Waals surface area contributed by atoms with E-state index in [9.17, 15) is 0 Å². The third kappa shape index (κ3) is 5.03. The van der Waals surface area contributed by atoms with Gasteiger partial charge in [-0.2, -0.15) is 0 Å². The van der Waals surface area contributed by atoms with Crippen LogP contribution in [-0.2, 0) is 5.41 Å². The molecule has 0 radical (unpaired) electrons. The molecule has 2 heteroatoms. The minimum absolute atomic E-state index is 0.496. The second kappa shape index (κ2) is 12.7. The Labute approximate surface area is 309 Å². The van der Waals surface area contributed by atoms with Gasteiger partial charge in [-0.1, -0.05) is 194 Å². The van der Waals surface area contributed by atoms with Crippen molar-refractivity contribution >= 4 is 10.8 Å². The van der Waals surface area contributed by atoms with Crippen molar-refractivity contribution in [1.82, 2.24) is 9.97 Å². The van der Waals surface area contributed by atoms with Crippen molar-refractivity contribution < 1.29 is 0 Å². The van der Waals surface area contributed by atoms with Crippen LogP contribution in [0.5, 0.6) is 0 Å². The van der Waals surface area contributed by atoms with Gasteiger partial charge in [0.05, 0.1) is 16.8 Å². The lowest BCUT2D eigenvalue weighted by Gasteiger charge is -2.35. The SMILES string of the molecule is c1ccc(-c2cc(-c3ccccc3)nc(-c3ccc(-c4cc5ccccc5c5c4-c4ccccc4C5(c4ccccc4)c4ccccc4)cc3)n2)cc1. The zero-order valence-electron chi connectivity index (χ0n) is 29.0. The second-order valence-electron chi connectivity index (χ2n) is 13.7. The van der Waals surface area contributed by atoms with E-state index in [0.717, 1.165) is 33.6 Å². The van der Waals surface area contributed by atoms with Crippen LogP contribution in [0.1, 0.15) is 22.3 Å². The van der Waals surface area contributed by atoms with Gasteiger partial charge in [0.25, 0.3) is 0 Å². The summed E-state index contributed by atoms with van der Waals surface area (Å²) in [6.07, 6.45) is 0. The normalized spacial score (nSPS) is 12.7. The number of nitrogens with zero attached hydrogens (tertiary/aromatic N) is 2. The number of fused-ring (bicyclic) bond motifs is 5. The summed E-state index contributed by atoms with van der Waals surface area (Å²) < 4.78 is 0. The Bertz CT molecular complexity index is 2640. The summed E-state index contributed by atoms with van der Waals surface area (Å²) in [4.78, 5) is 10.2. The standard InChI is InChI=1S/C51H34N2/c1-5-17-36(18-6-1)46-34-47(37-19-7-2-8-20-37)53-50(52-46)38-31-29-35(30-32-38)44-33-39-21-13-14-26-42(39)49-48(44)43-27-15-16-28-45(43)51(49,40-22-9-3-10-23-40)41-24-11-4-12-25-41/h1-34H. The average Bonchev–Trinajstić information content (AvgIpc) is 3.57. The summed E-state index contributed by atoms with van der Waals surface area (Å²) in [5.41, 5.74) is 14.5. The molecule has 2 nitrogen and oxygen atoms in total. The van der Waals surface area contributed by atoms with Crippen LogP contribution in [0, 0.1) is 0 Å². The van der Waals surface area contributed by atoms with Gasteiger partial charge < -0.3 is 0 Å². The fourth-order valence-corrected chi connectivity index (χ4v) is 8.44. The summed E-state index contributed by atoms with van der Waals surface area (Å²) in [7, 11) is 0. The number of benzene rings is 8. The third-order valence-electron chi connectivity index (χ3n) is 10.8. The van der Waals surface area contributed by atoms with Crippen molar-refractivity contribution in [2.24, 2.45) is 0 Å². The van der Waals surface area contributed by atoms with E-state index >= 15 is 0 Å². The molecule has 0 saturated carbocycles. The maximum absolute atomic E-state index is 5.11. The molecule has 248 valence electrons. The molecule has 9 aromatic rings. The number of aromatic nitrogens is 2. The van der Waals surface area contributed by atoms with E-state index in [1.165, 1.54) is 49.7 Å². The Kier molecular flexibility index (Phi) is 7.40. The van der Waals surface area contributed by atoms with E-state index in [1.54, 1.807) is 0 Å². The lowest BCUT2D eigenvalue weighted by molar-refractivity contribution is 0.775. The summed E-state index contributed by atoms with van der Waals surface area (Å²) in [5, 5.41) is 2.49. The second-order valence-corrected chi connectivity index (χ2v) is 13.7. The third-order valence-corrected chi connectivity index (χ3v) is 10.8. The van der Waals surface area contributed by atoms with Crippen molar-refractivity contribution in [3.63, 3.8) is 0 Å². The quantitative estimate of drug-likeness (QED) is 0.175. The lowest BCUT2D eigenvalue weighted by atomic mass is 9.66. The molecular weight excluding hydrogens is 641 g/mol. The lowest BCUT2D eigenvalue weighted by Crippen LogP contribution is -2.28. The first-order valence-corrected chi connectivity index (χ1v) is 18.2. The largest absolute Gasteiger partial charge is 0.228 e. The zero-order valence-corrected chi connectivity index (χ0v) is 29.0. The molecular formula is C51H34N2. The van der Waals surface area contributed by atoms with E-state index in [0.29, 0.717) is 5.82 Å². The van der Waals surface area contributed by atoms with Crippen molar-refractivity contribution in [3.05, 3.63) is 229 Å². The summed E-state index contributed by atoms with van der Waals surface area (Å²) in [5.74, 6) is 0.706. The summed E-state index contributed by atoms with van der Waals surface area (Å²) in [6.45, 7) is 0. The molecule has 1 aliphatic carbocycles. The number of hydrogen-bond donors (Lipinski definition) is 0. The van der Waals surface area contributed by atoms with Crippen LogP contribution in [0.4, 0.5) is 0 Å². The van der Waals surface area contributed by atoms with E-state index in [4.69, 9.17) is 9.97 Å². The molecule has 10 rings (SSSR count). The Morgan fingerprint density at radius 1 is 0.358 bits per heavy atom. The van der Waals surface area contributed by atoms with Crippen molar-refractivity contribution in [3.8, 4) is 56.2 Å². The zero-order chi connectivity index (χ0) is 35.2. The van der Waals surface area contributed by atoms with E-state index in [2.05, 4.69) is 194 Å². The van der Waals surface area contributed by atoms with Gasteiger partial charge in [0, 0.05) is 16.7 Å². The first-order valence-electron chi connectivity index (χ1n) is 18.2. The Morgan fingerprint density at radius 3 is 1.45 bits per heavy atom. The van der Waals surface area contributed by atoms with Crippen LogP contribution in [-0.4, -0.2) is 9.97 Å². The summed E-state index contributed by atoms with van der Waals surface area (Å²) in [6, 6.07) is 74.0. The van der Waals surface area contributed by atoms with Crippen LogP contribution < -0.4 is 0 Å². The maximum Gasteiger partial charge on any atom is 0.160 e. The van der Waals surface area contributed by atoms with Crippen molar-refractivity contribution in [2.45, 2.75) is 5.41 Å². The van der Waals surface area contributed by atoms with E-state index in [1.807, 2.05) is 12.1 Å². The fourth-order valence-electron chi connectivity index (χ4n) is 8.44. The maximum atomic E-state index is 5.11.